The highest BCUT2D eigenvalue weighted by atomic mass is 79.9. The van der Waals surface area contributed by atoms with Crippen LogP contribution in [0, 0.1) is 6.92 Å². The van der Waals surface area contributed by atoms with Gasteiger partial charge in [-0.3, -0.25) is 4.40 Å². The summed E-state index contributed by atoms with van der Waals surface area (Å²) in [7, 11) is 0. The minimum Gasteiger partial charge on any atom is -0.434 e. The zero-order valence-electron chi connectivity index (χ0n) is 12.1. The maximum absolute atomic E-state index is 12.6. The van der Waals surface area contributed by atoms with E-state index in [2.05, 4.69) is 25.7 Å². The molecule has 3 aromatic rings. The van der Waals surface area contributed by atoms with Crippen molar-refractivity contribution in [1.29, 1.82) is 0 Å². The average Bonchev–Trinajstić information content (AvgIpc) is 2.81. The van der Waals surface area contributed by atoms with Crippen molar-refractivity contribution < 1.29 is 18.6 Å². The third-order valence-electron chi connectivity index (χ3n) is 3.49. The van der Waals surface area contributed by atoms with Crippen molar-refractivity contribution in [3.05, 3.63) is 64.0 Å². The number of aliphatic hydroxyl groups is 1. The second-order valence-corrected chi connectivity index (χ2v) is 5.89. The summed E-state index contributed by atoms with van der Waals surface area (Å²) in [5, 5.41) is 10.7. The summed E-state index contributed by atoms with van der Waals surface area (Å²) < 4.78 is 32.2. The number of rotatable bonds is 4. The van der Waals surface area contributed by atoms with Crippen molar-refractivity contribution in [2.24, 2.45) is 0 Å². The predicted molar refractivity (Wildman–Crippen MR) is 84.8 cm³/mol. The summed E-state index contributed by atoms with van der Waals surface area (Å²) >= 11 is 3.37. The number of pyridine rings is 1. The second kappa shape index (κ2) is 6.25. The molecule has 0 spiro atoms. The first kappa shape index (κ1) is 15.9. The van der Waals surface area contributed by atoms with Crippen molar-refractivity contribution in [2.45, 2.75) is 19.6 Å². The van der Waals surface area contributed by atoms with Crippen molar-refractivity contribution in [2.75, 3.05) is 0 Å². The van der Waals surface area contributed by atoms with Gasteiger partial charge in [0.1, 0.15) is 17.5 Å². The van der Waals surface area contributed by atoms with Gasteiger partial charge in [-0.15, -0.1) is 0 Å². The Bertz CT molecular complexity index is 851. The van der Waals surface area contributed by atoms with Crippen LogP contribution in [0.25, 0.3) is 5.65 Å². The van der Waals surface area contributed by atoms with E-state index in [1.807, 2.05) is 6.07 Å². The molecular weight excluding hydrogens is 370 g/mol. The minimum atomic E-state index is -2.96. The van der Waals surface area contributed by atoms with E-state index in [4.69, 9.17) is 0 Å². The number of para-hydroxylation sites is 1. The Kier molecular flexibility index (Phi) is 4.32. The molecule has 0 saturated heterocycles. The van der Waals surface area contributed by atoms with Crippen LogP contribution in [0.15, 0.2) is 47.1 Å². The van der Waals surface area contributed by atoms with Crippen LogP contribution in [-0.4, -0.2) is 21.1 Å². The number of ether oxygens (including phenoxy) is 1. The monoisotopic (exact) mass is 382 g/mol. The van der Waals surface area contributed by atoms with Crippen molar-refractivity contribution in [1.82, 2.24) is 9.38 Å². The standard InChI is InChI=1S/C16H13BrF2N2O2/c1-9-14(21-8-10(17)6-7-13(21)20-9)15(22)11-4-2-3-5-12(11)23-16(18)19/h2-8,15-16,22H,1H3. The fourth-order valence-corrected chi connectivity index (χ4v) is 2.88. The molecular formula is C16H13BrF2N2O2. The van der Waals surface area contributed by atoms with E-state index in [0.29, 0.717) is 17.0 Å². The summed E-state index contributed by atoms with van der Waals surface area (Å²) in [6, 6.07) is 9.83. The topological polar surface area (TPSA) is 46.8 Å². The largest absolute Gasteiger partial charge is 0.434 e. The summed E-state index contributed by atoms with van der Waals surface area (Å²) in [6.07, 6.45) is 0.624. The Balaban J connectivity index is 2.13. The Morgan fingerprint density at radius 3 is 2.70 bits per heavy atom. The van der Waals surface area contributed by atoms with Crippen LogP contribution in [0.5, 0.6) is 5.75 Å². The number of nitrogens with zero attached hydrogens (tertiary/aromatic N) is 2. The molecule has 2 heterocycles. The second-order valence-electron chi connectivity index (χ2n) is 4.98. The van der Waals surface area contributed by atoms with Crippen LogP contribution in [-0.2, 0) is 0 Å². The molecule has 0 saturated carbocycles. The van der Waals surface area contributed by atoms with Crippen molar-refractivity contribution >= 4 is 21.6 Å². The number of alkyl halides is 2. The zero-order valence-corrected chi connectivity index (χ0v) is 13.7. The molecule has 0 aliphatic carbocycles. The smallest absolute Gasteiger partial charge is 0.387 e. The first-order valence-electron chi connectivity index (χ1n) is 6.83. The molecule has 120 valence electrons. The molecule has 0 aliphatic rings. The van der Waals surface area contributed by atoms with Gasteiger partial charge in [-0.1, -0.05) is 18.2 Å². The SMILES string of the molecule is Cc1nc2ccc(Br)cn2c1C(O)c1ccccc1OC(F)F. The molecule has 3 rings (SSSR count). The van der Waals surface area contributed by atoms with Gasteiger partial charge in [0.25, 0.3) is 0 Å². The Morgan fingerprint density at radius 2 is 1.96 bits per heavy atom. The summed E-state index contributed by atoms with van der Waals surface area (Å²) in [6.45, 7) is -1.20. The van der Waals surface area contributed by atoms with Gasteiger partial charge in [-0.25, -0.2) is 4.98 Å². The average molecular weight is 383 g/mol. The highest BCUT2D eigenvalue weighted by molar-refractivity contribution is 9.10. The molecule has 0 fully saturated rings. The quantitative estimate of drug-likeness (QED) is 0.739. The zero-order chi connectivity index (χ0) is 16.6. The molecule has 4 nitrogen and oxygen atoms in total. The number of halogens is 3. The molecule has 7 heteroatoms. The van der Waals surface area contributed by atoms with Gasteiger partial charge in [0, 0.05) is 16.2 Å². The van der Waals surface area contributed by atoms with E-state index in [1.165, 1.54) is 6.07 Å². The Hall–Kier alpha value is -1.99. The number of aromatic nitrogens is 2. The van der Waals surface area contributed by atoms with E-state index < -0.39 is 12.7 Å². The van der Waals surface area contributed by atoms with Gasteiger partial charge in [-0.05, 0) is 41.1 Å². The molecule has 1 atom stereocenters. The third kappa shape index (κ3) is 3.07. The number of hydrogen-bond donors (Lipinski definition) is 1. The summed E-state index contributed by atoms with van der Waals surface area (Å²) in [5.41, 5.74) is 2.04. The third-order valence-corrected chi connectivity index (χ3v) is 3.96. The lowest BCUT2D eigenvalue weighted by Crippen LogP contribution is -2.10. The van der Waals surface area contributed by atoms with Gasteiger partial charge in [0.2, 0.25) is 0 Å². The van der Waals surface area contributed by atoms with Crippen LogP contribution in [0.2, 0.25) is 0 Å². The van der Waals surface area contributed by atoms with Crippen LogP contribution >= 0.6 is 15.9 Å². The van der Waals surface area contributed by atoms with E-state index in [9.17, 15) is 13.9 Å². The van der Waals surface area contributed by atoms with Gasteiger partial charge < -0.3 is 9.84 Å². The number of aryl methyl sites for hydroxylation is 1. The van der Waals surface area contributed by atoms with Crippen LogP contribution in [0.4, 0.5) is 8.78 Å². The van der Waals surface area contributed by atoms with E-state index >= 15 is 0 Å². The van der Waals surface area contributed by atoms with Gasteiger partial charge in [-0.2, -0.15) is 8.78 Å². The highest BCUT2D eigenvalue weighted by Gasteiger charge is 2.23. The number of imidazole rings is 1. The number of benzene rings is 1. The molecule has 1 N–H and O–H groups in total. The molecule has 0 bridgehead atoms. The first-order chi connectivity index (χ1) is 11.0. The number of fused-ring (bicyclic) bond motifs is 1. The summed E-state index contributed by atoms with van der Waals surface area (Å²) in [5.74, 6) is -0.0562. The van der Waals surface area contributed by atoms with Crippen LogP contribution in [0.3, 0.4) is 0 Å². The lowest BCUT2D eigenvalue weighted by Gasteiger charge is -2.16. The molecule has 1 unspecified atom stereocenters. The Morgan fingerprint density at radius 1 is 1.22 bits per heavy atom. The van der Waals surface area contributed by atoms with E-state index in [1.54, 1.807) is 41.8 Å². The Labute approximate surface area is 139 Å². The molecule has 23 heavy (non-hydrogen) atoms. The maximum atomic E-state index is 12.6. The normalized spacial score (nSPS) is 12.8. The number of aliphatic hydroxyl groups excluding tert-OH is 1. The molecule has 0 amide bonds. The summed E-state index contributed by atoms with van der Waals surface area (Å²) in [4.78, 5) is 4.38. The van der Waals surface area contributed by atoms with Crippen molar-refractivity contribution in [3.8, 4) is 5.75 Å². The van der Waals surface area contributed by atoms with E-state index in [-0.39, 0.29) is 11.3 Å². The lowest BCUT2D eigenvalue weighted by molar-refractivity contribution is -0.0513. The predicted octanol–water partition coefficient (Wildman–Crippen LogP) is 4.09. The van der Waals surface area contributed by atoms with Gasteiger partial charge >= 0.3 is 6.61 Å². The minimum absolute atomic E-state index is 0.0562. The van der Waals surface area contributed by atoms with Crippen LogP contribution < -0.4 is 4.74 Å². The first-order valence-corrected chi connectivity index (χ1v) is 7.62. The van der Waals surface area contributed by atoms with Crippen LogP contribution in [0.1, 0.15) is 23.1 Å². The molecule has 0 aliphatic heterocycles. The van der Waals surface area contributed by atoms with Gasteiger partial charge in [0.05, 0.1) is 11.4 Å². The maximum Gasteiger partial charge on any atom is 0.387 e. The van der Waals surface area contributed by atoms with E-state index in [0.717, 1.165) is 4.47 Å². The molecule has 2 aromatic heterocycles. The molecule has 0 radical (unpaired) electrons. The van der Waals surface area contributed by atoms with Gasteiger partial charge in [0.15, 0.2) is 0 Å². The fourth-order valence-electron chi connectivity index (χ4n) is 2.54. The fraction of sp³-hybridized carbons (Fsp3) is 0.188. The van der Waals surface area contributed by atoms with Crippen molar-refractivity contribution in [3.63, 3.8) is 0 Å². The molecule has 1 aromatic carbocycles. The lowest BCUT2D eigenvalue weighted by atomic mass is 10.0. The highest BCUT2D eigenvalue weighted by Crippen LogP contribution is 2.33. The number of hydrogen-bond acceptors (Lipinski definition) is 3.